The number of furan rings is 1. The van der Waals surface area contributed by atoms with Crippen molar-refractivity contribution in [3.8, 4) is 0 Å². The van der Waals surface area contributed by atoms with Crippen molar-refractivity contribution < 1.29 is 14.0 Å². The minimum absolute atomic E-state index is 0.00249. The van der Waals surface area contributed by atoms with Gasteiger partial charge in [0, 0.05) is 20.8 Å². The number of ketones is 1. The summed E-state index contributed by atoms with van der Waals surface area (Å²) in [5, 5.41) is 3.51. The van der Waals surface area contributed by atoms with Crippen molar-refractivity contribution >= 4 is 38.6 Å². The van der Waals surface area contributed by atoms with Crippen LogP contribution in [0, 0.1) is 12.3 Å². The van der Waals surface area contributed by atoms with Crippen LogP contribution in [-0.2, 0) is 4.79 Å². The number of rotatable bonds is 3. The van der Waals surface area contributed by atoms with Gasteiger partial charge in [0.15, 0.2) is 11.5 Å². The van der Waals surface area contributed by atoms with Gasteiger partial charge in [0.05, 0.1) is 6.54 Å². The molecule has 0 unspecified atom stereocenters. The largest absolute Gasteiger partial charge is 0.451 e. The van der Waals surface area contributed by atoms with Gasteiger partial charge >= 0.3 is 0 Å². The maximum atomic E-state index is 12.2. The highest BCUT2D eigenvalue weighted by Gasteiger charge is 2.23. The topological polar surface area (TPSA) is 59.3 Å². The summed E-state index contributed by atoms with van der Waals surface area (Å²) >= 11 is 3.40. The molecule has 0 bridgehead atoms. The molecule has 2 rings (SSSR count). The van der Waals surface area contributed by atoms with Gasteiger partial charge in [-0.2, -0.15) is 0 Å². The third-order valence-corrected chi connectivity index (χ3v) is 3.84. The van der Waals surface area contributed by atoms with Crippen LogP contribution in [0.4, 0.5) is 0 Å². The standard InChI is InChI=1S/C16H18BrNO3/c1-9-11-7-10(17)5-6-12(11)21-14(9)15(20)18-8-13(19)16(2,3)4/h5-7H,8H2,1-4H3,(H,18,20). The van der Waals surface area contributed by atoms with Crippen molar-refractivity contribution in [1.82, 2.24) is 5.32 Å². The molecule has 0 aliphatic carbocycles. The zero-order valence-electron chi connectivity index (χ0n) is 12.5. The van der Waals surface area contributed by atoms with E-state index in [0.29, 0.717) is 5.58 Å². The minimum Gasteiger partial charge on any atom is -0.451 e. The van der Waals surface area contributed by atoms with Gasteiger partial charge < -0.3 is 9.73 Å². The first-order valence-electron chi connectivity index (χ1n) is 6.70. The van der Waals surface area contributed by atoms with Crippen LogP contribution in [0.15, 0.2) is 27.1 Å². The lowest BCUT2D eigenvalue weighted by Crippen LogP contribution is -2.35. The Bertz CT molecular complexity index is 710. The van der Waals surface area contributed by atoms with Crippen LogP contribution < -0.4 is 5.32 Å². The number of fused-ring (bicyclic) bond motifs is 1. The highest BCUT2D eigenvalue weighted by molar-refractivity contribution is 9.10. The number of hydrogen-bond donors (Lipinski definition) is 1. The number of benzene rings is 1. The second-order valence-electron chi connectivity index (χ2n) is 6.05. The molecule has 1 aromatic carbocycles. The average Bonchev–Trinajstić information content (AvgIpc) is 2.72. The van der Waals surface area contributed by atoms with Gasteiger partial charge in [-0.15, -0.1) is 0 Å². The number of Topliss-reactive ketones (excluding diaryl/α,β-unsaturated/α-hetero) is 1. The summed E-state index contributed by atoms with van der Waals surface area (Å²) in [5.41, 5.74) is 0.955. The molecule has 0 fully saturated rings. The monoisotopic (exact) mass is 351 g/mol. The van der Waals surface area contributed by atoms with Crippen molar-refractivity contribution in [2.75, 3.05) is 6.54 Å². The van der Waals surface area contributed by atoms with E-state index in [2.05, 4.69) is 21.2 Å². The van der Waals surface area contributed by atoms with Crippen LogP contribution in [0.3, 0.4) is 0 Å². The number of carbonyl (C=O) groups excluding carboxylic acids is 2. The molecule has 0 aliphatic heterocycles. The molecular formula is C16H18BrNO3. The Labute approximate surface area is 132 Å². The number of halogens is 1. The van der Waals surface area contributed by atoms with E-state index in [0.717, 1.165) is 15.4 Å². The third-order valence-electron chi connectivity index (χ3n) is 3.35. The summed E-state index contributed by atoms with van der Waals surface area (Å²) in [6.45, 7) is 7.31. The molecule has 0 saturated carbocycles. The summed E-state index contributed by atoms with van der Waals surface area (Å²) in [6.07, 6.45) is 0. The first-order valence-corrected chi connectivity index (χ1v) is 7.49. The van der Waals surface area contributed by atoms with Crippen LogP contribution >= 0.6 is 15.9 Å². The molecule has 0 spiro atoms. The van der Waals surface area contributed by atoms with Gasteiger partial charge in [0.2, 0.25) is 0 Å². The number of aryl methyl sites for hydroxylation is 1. The van der Waals surface area contributed by atoms with Gasteiger partial charge in [-0.05, 0) is 25.1 Å². The lowest BCUT2D eigenvalue weighted by Gasteiger charge is -2.16. The molecule has 21 heavy (non-hydrogen) atoms. The van der Waals surface area contributed by atoms with Crippen molar-refractivity contribution in [3.63, 3.8) is 0 Å². The average molecular weight is 352 g/mol. The molecule has 1 N–H and O–H groups in total. The Morgan fingerprint density at radius 2 is 1.95 bits per heavy atom. The molecule has 0 atom stereocenters. The molecular weight excluding hydrogens is 334 g/mol. The quantitative estimate of drug-likeness (QED) is 0.913. The molecule has 112 valence electrons. The fourth-order valence-corrected chi connectivity index (χ4v) is 2.28. The maximum absolute atomic E-state index is 12.2. The molecule has 1 amide bonds. The molecule has 4 nitrogen and oxygen atoms in total. The molecule has 0 aliphatic rings. The number of nitrogens with one attached hydrogen (secondary N) is 1. The van der Waals surface area contributed by atoms with E-state index in [1.165, 1.54) is 0 Å². The van der Waals surface area contributed by atoms with Crippen LogP contribution in [0.2, 0.25) is 0 Å². The van der Waals surface area contributed by atoms with Crippen molar-refractivity contribution in [1.29, 1.82) is 0 Å². The van der Waals surface area contributed by atoms with E-state index >= 15 is 0 Å². The summed E-state index contributed by atoms with van der Waals surface area (Å²) < 4.78 is 6.51. The molecule has 1 aromatic heterocycles. The smallest absolute Gasteiger partial charge is 0.287 e. The fourth-order valence-electron chi connectivity index (χ4n) is 1.92. The highest BCUT2D eigenvalue weighted by atomic mass is 79.9. The lowest BCUT2D eigenvalue weighted by atomic mass is 9.91. The van der Waals surface area contributed by atoms with E-state index in [9.17, 15) is 9.59 Å². The normalized spacial score (nSPS) is 11.7. The predicted octanol–water partition coefficient (Wildman–Crippen LogP) is 3.85. The van der Waals surface area contributed by atoms with Crippen molar-refractivity contribution in [2.24, 2.45) is 5.41 Å². The molecule has 0 saturated heterocycles. The zero-order valence-corrected chi connectivity index (χ0v) is 14.1. The van der Waals surface area contributed by atoms with E-state index in [-0.39, 0.29) is 24.0 Å². The summed E-state index contributed by atoms with van der Waals surface area (Å²) in [4.78, 5) is 24.0. The van der Waals surface area contributed by atoms with Gasteiger partial charge in [-0.3, -0.25) is 9.59 Å². The summed E-state index contributed by atoms with van der Waals surface area (Å²) in [6, 6.07) is 5.57. The van der Waals surface area contributed by atoms with Crippen LogP contribution in [0.5, 0.6) is 0 Å². The molecule has 1 heterocycles. The van der Waals surface area contributed by atoms with Crippen LogP contribution in [0.1, 0.15) is 36.9 Å². The maximum Gasteiger partial charge on any atom is 0.287 e. The Morgan fingerprint density at radius 1 is 1.29 bits per heavy atom. The second kappa shape index (κ2) is 5.64. The van der Waals surface area contributed by atoms with Gasteiger partial charge in [0.25, 0.3) is 5.91 Å². The Balaban J connectivity index is 2.20. The van der Waals surface area contributed by atoms with E-state index < -0.39 is 5.41 Å². The summed E-state index contributed by atoms with van der Waals surface area (Å²) in [7, 11) is 0. The molecule has 5 heteroatoms. The van der Waals surface area contributed by atoms with E-state index in [1.54, 1.807) is 0 Å². The first-order chi connectivity index (χ1) is 9.70. The Morgan fingerprint density at radius 3 is 2.57 bits per heavy atom. The Kier molecular flexibility index (Phi) is 4.23. The van der Waals surface area contributed by atoms with E-state index in [4.69, 9.17) is 4.42 Å². The summed E-state index contributed by atoms with van der Waals surface area (Å²) in [5.74, 6) is -0.130. The molecule has 2 aromatic rings. The number of carbonyl (C=O) groups is 2. The van der Waals surface area contributed by atoms with E-state index in [1.807, 2.05) is 45.9 Å². The minimum atomic E-state index is -0.471. The van der Waals surface area contributed by atoms with Gasteiger partial charge in [0.1, 0.15) is 5.58 Å². The van der Waals surface area contributed by atoms with Crippen LogP contribution in [0.25, 0.3) is 11.0 Å². The number of hydrogen-bond acceptors (Lipinski definition) is 3. The first kappa shape index (κ1) is 15.8. The van der Waals surface area contributed by atoms with Crippen molar-refractivity contribution in [3.05, 3.63) is 34.0 Å². The lowest BCUT2D eigenvalue weighted by molar-refractivity contribution is -0.125. The predicted molar refractivity (Wildman–Crippen MR) is 85.4 cm³/mol. The Hall–Kier alpha value is -1.62. The third kappa shape index (κ3) is 3.35. The fraction of sp³-hybridized carbons (Fsp3) is 0.375. The second-order valence-corrected chi connectivity index (χ2v) is 6.97. The van der Waals surface area contributed by atoms with Gasteiger partial charge in [-0.25, -0.2) is 0 Å². The zero-order chi connectivity index (χ0) is 15.8. The van der Waals surface area contributed by atoms with Gasteiger partial charge in [-0.1, -0.05) is 36.7 Å². The van der Waals surface area contributed by atoms with Crippen molar-refractivity contribution in [2.45, 2.75) is 27.7 Å². The number of amides is 1. The van der Waals surface area contributed by atoms with Crippen LogP contribution in [-0.4, -0.2) is 18.2 Å². The highest BCUT2D eigenvalue weighted by Crippen LogP contribution is 2.28. The molecule has 0 radical (unpaired) electrons. The SMILES string of the molecule is Cc1c(C(=O)NCC(=O)C(C)(C)C)oc2ccc(Br)cc12.